The van der Waals surface area contributed by atoms with E-state index in [-0.39, 0.29) is 24.6 Å². The Morgan fingerprint density at radius 3 is 2.88 bits per heavy atom. The number of hydrogen-bond donors (Lipinski definition) is 4. The van der Waals surface area contributed by atoms with Gasteiger partial charge in [-0.3, -0.25) is 4.79 Å². The van der Waals surface area contributed by atoms with Gasteiger partial charge in [0.15, 0.2) is 5.67 Å². The van der Waals surface area contributed by atoms with Crippen molar-refractivity contribution in [3.63, 3.8) is 0 Å². The number of aromatic hydroxyl groups is 1. The third-order valence-corrected chi connectivity index (χ3v) is 6.24. The Morgan fingerprint density at radius 2 is 2.06 bits per heavy atom. The lowest BCUT2D eigenvalue weighted by Crippen LogP contribution is -2.65. The predicted molar refractivity (Wildman–Crippen MR) is 129 cm³/mol. The number of H-pyrrole nitrogens is 1. The highest BCUT2D eigenvalue weighted by Crippen LogP contribution is 2.36. The summed E-state index contributed by atoms with van der Waals surface area (Å²) in [5, 5.41) is 18.5. The van der Waals surface area contributed by atoms with Crippen molar-refractivity contribution in [3.05, 3.63) is 95.0 Å². The Labute approximate surface area is 190 Å². The van der Waals surface area contributed by atoms with Crippen molar-refractivity contribution in [1.29, 1.82) is 0 Å². The number of aromatic nitrogens is 1. The molecule has 1 aromatic heterocycles. The van der Waals surface area contributed by atoms with Crippen molar-refractivity contribution in [3.8, 4) is 5.75 Å². The molecule has 6 heteroatoms. The molecule has 1 aliphatic heterocycles. The summed E-state index contributed by atoms with van der Waals surface area (Å²) in [5.74, 6) is -0.226. The fourth-order valence-electron chi connectivity index (χ4n) is 4.44. The average Bonchev–Trinajstić information content (AvgIpc) is 3.20. The van der Waals surface area contributed by atoms with Crippen LogP contribution in [0.15, 0.2) is 78.9 Å². The highest BCUT2D eigenvalue weighted by molar-refractivity contribution is 5.92. The topological polar surface area (TPSA) is 77.2 Å². The van der Waals surface area contributed by atoms with E-state index in [1.54, 1.807) is 54.8 Å². The number of para-hydroxylation sites is 1. The van der Waals surface area contributed by atoms with Crippen molar-refractivity contribution in [1.82, 2.24) is 15.6 Å². The van der Waals surface area contributed by atoms with Crippen LogP contribution in [0, 0.1) is 0 Å². The zero-order valence-corrected chi connectivity index (χ0v) is 17.9. The lowest BCUT2D eigenvalue weighted by atomic mass is 9.75. The molecule has 1 amide bonds. The maximum Gasteiger partial charge on any atom is 0.244 e. The SMILES string of the molecule is O=C(/C=C/c1cccc(O)c1)NCC1(C2(F)C=CC=CC2)C=c2c([nH]c3ccccc23)=CN1. The lowest BCUT2D eigenvalue weighted by molar-refractivity contribution is -0.116. The molecular formula is C27H24FN3O2. The number of phenolic OH excluding ortho intramolecular Hbond substituents is 1. The van der Waals surface area contributed by atoms with Crippen LogP contribution in [-0.2, 0) is 4.79 Å². The molecule has 0 spiro atoms. The molecule has 5 rings (SSSR count). The number of nitrogens with one attached hydrogen (secondary N) is 3. The van der Waals surface area contributed by atoms with Gasteiger partial charge >= 0.3 is 0 Å². The normalized spacial score (nSPS) is 23.5. The molecule has 2 heterocycles. The van der Waals surface area contributed by atoms with Gasteiger partial charge in [-0.05, 0) is 42.0 Å². The molecule has 2 aromatic carbocycles. The smallest absolute Gasteiger partial charge is 0.244 e. The van der Waals surface area contributed by atoms with Gasteiger partial charge in [-0.1, -0.05) is 48.6 Å². The van der Waals surface area contributed by atoms with E-state index in [1.807, 2.05) is 36.4 Å². The first-order valence-corrected chi connectivity index (χ1v) is 10.8. The summed E-state index contributed by atoms with van der Waals surface area (Å²) in [4.78, 5) is 16.0. The number of aromatic amines is 1. The van der Waals surface area contributed by atoms with Gasteiger partial charge in [-0.25, -0.2) is 4.39 Å². The molecular weight excluding hydrogens is 417 g/mol. The monoisotopic (exact) mass is 441 g/mol. The molecule has 2 aliphatic rings. The van der Waals surface area contributed by atoms with Crippen LogP contribution < -0.4 is 21.2 Å². The van der Waals surface area contributed by atoms with Gasteiger partial charge < -0.3 is 20.7 Å². The number of carbonyl (C=O) groups is 1. The number of halogens is 1. The summed E-state index contributed by atoms with van der Waals surface area (Å²) in [6.07, 6.45) is 13.7. The second kappa shape index (κ2) is 8.13. The van der Waals surface area contributed by atoms with E-state index in [9.17, 15) is 9.90 Å². The predicted octanol–water partition coefficient (Wildman–Crippen LogP) is 2.79. The fourth-order valence-corrected chi connectivity index (χ4v) is 4.44. The summed E-state index contributed by atoms with van der Waals surface area (Å²) in [6, 6.07) is 14.5. The van der Waals surface area contributed by atoms with E-state index in [0.717, 1.165) is 21.5 Å². The van der Waals surface area contributed by atoms with Gasteiger partial charge in [-0.15, -0.1) is 0 Å². The molecule has 2 unspecified atom stereocenters. The number of carbonyl (C=O) groups excluding carboxylic acids is 1. The fraction of sp³-hybridized carbons (Fsp3) is 0.148. The van der Waals surface area contributed by atoms with Crippen LogP contribution in [-0.4, -0.2) is 33.8 Å². The second-order valence-electron chi connectivity index (χ2n) is 8.40. The number of rotatable bonds is 5. The molecule has 1 aliphatic carbocycles. The molecule has 166 valence electrons. The first-order chi connectivity index (χ1) is 16.0. The largest absolute Gasteiger partial charge is 0.508 e. The number of phenols is 1. The minimum absolute atomic E-state index is 0.0420. The van der Waals surface area contributed by atoms with Gasteiger partial charge in [0.05, 0.1) is 5.35 Å². The minimum Gasteiger partial charge on any atom is -0.508 e. The lowest BCUT2D eigenvalue weighted by Gasteiger charge is -2.43. The van der Waals surface area contributed by atoms with E-state index in [2.05, 4.69) is 15.6 Å². The van der Waals surface area contributed by atoms with Gasteiger partial charge in [0, 0.05) is 41.4 Å². The Kier molecular flexibility index (Phi) is 5.13. The van der Waals surface area contributed by atoms with Crippen LogP contribution in [0.25, 0.3) is 29.3 Å². The van der Waals surface area contributed by atoms with Gasteiger partial charge in [0.1, 0.15) is 11.3 Å². The first-order valence-electron chi connectivity index (χ1n) is 10.8. The number of benzene rings is 2. The van der Waals surface area contributed by atoms with Gasteiger partial charge in [0.2, 0.25) is 5.91 Å². The summed E-state index contributed by atoms with van der Waals surface area (Å²) < 4.78 is 16.4. The van der Waals surface area contributed by atoms with E-state index >= 15 is 4.39 Å². The Morgan fingerprint density at radius 1 is 1.18 bits per heavy atom. The van der Waals surface area contributed by atoms with Crippen molar-refractivity contribution < 1.29 is 14.3 Å². The summed E-state index contributed by atoms with van der Waals surface area (Å²) in [7, 11) is 0. The van der Waals surface area contributed by atoms with Crippen molar-refractivity contribution in [2.45, 2.75) is 17.6 Å². The molecule has 4 N–H and O–H groups in total. The van der Waals surface area contributed by atoms with E-state index in [4.69, 9.17) is 0 Å². The third kappa shape index (κ3) is 3.84. The Hall–Kier alpha value is -4.06. The van der Waals surface area contributed by atoms with Gasteiger partial charge in [-0.2, -0.15) is 0 Å². The van der Waals surface area contributed by atoms with Crippen molar-refractivity contribution in [2.75, 3.05) is 6.54 Å². The summed E-state index contributed by atoms with van der Waals surface area (Å²) in [5.41, 5.74) is -1.25. The Bertz CT molecular complexity index is 1440. The molecule has 0 fully saturated rings. The van der Waals surface area contributed by atoms with Crippen LogP contribution in [0.4, 0.5) is 4.39 Å². The third-order valence-electron chi connectivity index (χ3n) is 6.24. The number of fused-ring (bicyclic) bond motifs is 3. The summed E-state index contributed by atoms with van der Waals surface area (Å²) >= 11 is 0. The quantitative estimate of drug-likeness (QED) is 0.460. The van der Waals surface area contributed by atoms with E-state index in [1.165, 1.54) is 6.08 Å². The summed E-state index contributed by atoms with van der Waals surface area (Å²) in [6.45, 7) is 0.0420. The standard InChI is InChI=1S/C27H24FN3O2/c28-26(13-4-1-5-14-26)27(18-29-25(33)12-11-19-7-6-8-20(32)15-19)16-22-21-9-2-3-10-23(21)31-24(22)17-30-27/h1-13,15-17,30-32H,14,18H2,(H,29,33)/b12-11+. The molecule has 0 saturated heterocycles. The number of allylic oxidation sites excluding steroid dienone is 3. The molecule has 0 saturated carbocycles. The van der Waals surface area contributed by atoms with E-state index in [0.29, 0.717) is 5.56 Å². The zero-order chi connectivity index (χ0) is 22.9. The molecule has 2 atom stereocenters. The van der Waals surface area contributed by atoms with Crippen molar-refractivity contribution in [2.24, 2.45) is 0 Å². The molecule has 0 bridgehead atoms. The van der Waals surface area contributed by atoms with E-state index < -0.39 is 11.2 Å². The minimum atomic E-state index is -1.74. The first kappa shape index (κ1) is 20.8. The van der Waals surface area contributed by atoms with Crippen LogP contribution in [0.2, 0.25) is 0 Å². The van der Waals surface area contributed by atoms with Crippen LogP contribution in [0.5, 0.6) is 5.75 Å². The van der Waals surface area contributed by atoms with Crippen molar-refractivity contribution >= 4 is 35.2 Å². The highest BCUT2D eigenvalue weighted by atomic mass is 19.1. The molecule has 33 heavy (non-hydrogen) atoms. The molecule has 5 nitrogen and oxygen atoms in total. The number of alkyl halides is 1. The van der Waals surface area contributed by atoms with Crippen LogP contribution in [0.3, 0.4) is 0 Å². The number of amides is 1. The number of hydrogen-bond acceptors (Lipinski definition) is 3. The second-order valence-corrected chi connectivity index (χ2v) is 8.40. The zero-order valence-electron chi connectivity index (χ0n) is 17.9. The average molecular weight is 442 g/mol. The molecule has 0 radical (unpaired) electrons. The maximum atomic E-state index is 16.4. The maximum absolute atomic E-state index is 16.4. The van der Waals surface area contributed by atoms with Crippen LogP contribution >= 0.6 is 0 Å². The van der Waals surface area contributed by atoms with Gasteiger partial charge in [0.25, 0.3) is 0 Å². The van der Waals surface area contributed by atoms with Crippen LogP contribution in [0.1, 0.15) is 12.0 Å². The molecule has 3 aromatic rings. The Balaban J connectivity index is 1.48. The highest BCUT2D eigenvalue weighted by Gasteiger charge is 2.49.